The molecule has 0 saturated heterocycles. The van der Waals surface area contributed by atoms with Crippen LogP contribution in [-0.4, -0.2) is 19.9 Å². The number of nitrogens with zero attached hydrogens (tertiary/aromatic N) is 4. The SMILES string of the molecule is N#Cc1c(COC(=O)Cn2cnc3c(oc4ccccc43)c2=O)cn2ccccc12. The third kappa shape index (κ3) is 2.81. The standard InChI is InChI=1S/C22H14N4O4/c23-9-16-14(10-25-8-4-3-6-17(16)25)12-29-19(27)11-26-13-24-20-15-5-1-2-7-18(15)30-21(20)22(26)28/h1-8,10,13H,11-12H2. The number of furan rings is 1. The Bertz CT molecular complexity index is 1530. The number of esters is 1. The number of carbonyl (C=O) groups is 1. The molecule has 0 atom stereocenters. The van der Waals surface area contributed by atoms with Gasteiger partial charge < -0.3 is 13.6 Å². The first-order valence-corrected chi connectivity index (χ1v) is 9.16. The maximum absolute atomic E-state index is 12.7. The Kier molecular flexibility index (Phi) is 4.07. The van der Waals surface area contributed by atoms with Crippen molar-refractivity contribution in [3.05, 3.63) is 82.7 Å². The smallest absolute Gasteiger partial charge is 0.326 e. The summed E-state index contributed by atoms with van der Waals surface area (Å²) in [6.45, 7) is -0.382. The minimum absolute atomic E-state index is 0.0710. The predicted octanol–water partition coefficient (Wildman–Crippen LogP) is 3.01. The van der Waals surface area contributed by atoms with Crippen LogP contribution in [0.25, 0.3) is 27.6 Å². The van der Waals surface area contributed by atoms with Gasteiger partial charge in [0.05, 0.1) is 17.4 Å². The first kappa shape index (κ1) is 17.7. The van der Waals surface area contributed by atoms with Crippen LogP contribution in [0, 0.1) is 11.3 Å². The van der Waals surface area contributed by atoms with Crippen LogP contribution in [0.2, 0.25) is 0 Å². The van der Waals surface area contributed by atoms with Crippen LogP contribution in [0.3, 0.4) is 0 Å². The van der Waals surface area contributed by atoms with Crippen molar-refractivity contribution >= 4 is 33.6 Å². The van der Waals surface area contributed by atoms with E-state index in [-0.39, 0.29) is 18.7 Å². The molecule has 4 aromatic heterocycles. The molecule has 4 heterocycles. The number of aromatic nitrogens is 3. The van der Waals surface area contributed by atoms with Crippen molar-refractivity contribution in [2.75, 3.05) is 0 Å². The molecular formula is C22H14N4O4. The Balaban J connectivity index is 1.38. The molecule has 0 bridgehead atoms. The summed E-state index contributed by atoms with van der Waals surface area (Å²) in [6, 6.07) is 14.9. The van der Waals surface area contributed by atoms with Crippen molar-refractivity contribution in [3.8, 4) is 6.07 Å². The zero-order valence-electron chi connectivity index (χ0n) is 15.6. The zero-order chi connectivity index (χ0) is 20.7. The number of carbonyl (C=O) groups excluding carboxylic acids is 1. The average Bonchev–Trinajstić information content (AvgIpc) is 3.32. The molecule has 0 N–H and O–H groups in total. The molecular weight excluding hydrogens is 384 g/mol. The van der Waals surface area contributed by atoms with E-state index in [4.69, 9.17) is 9.15 Å². The molecule has 0 amide bonds. The fraction of sp³-hybridized carbons (Fsp3) is 0.0909. The van der Waals surface area contributed by atoms with Gasteiger partial charge in [0.2, 0.25) is 5.58 Å². The van der Waals surface area contributed by atoms with Gasteiger partial charge in [-0.2, -0.15) is 5.26 Å². The minimum Gasteiger partial charge on any atom is -0.459 e. The lowest BCUT2D eigenvalue weighted by Crippen LogP contribution is -2.25. The number of ether oxygens (including phenoxy) is 1. The van der Waals surface area contributed by atoms with Crippen molar-refractivity contribution in [3.63, 3.8) is 0 Å². The van der Waals surface area contributed by atoms with E-state index in [0.29, 0.717) is 22.2 Å². The van der Waals surface area contributed by atoms with E-state index in [2.05, 4.69) is 11.1 Å². The molecule has 146 valence electrons. The van der Waals surface area contributed by atoms with E-state index < -0.39 is 11.5 Å². The molecule has 0 aliphatic carbocycles. The second kappa shape index (κ2) is 6.90. The summed E-state index contributed by atoms with van der Waals surface area (Å²) >= 11 is 0. The molecule has 5 aromatic rings. The summed E-state index contributed by atoms with van der Waals surface area (Å²) in [6.07, 6.45) is 4.87. The van der Waals surface area contributed by atoms with Gasteiger partial charge in [0.1, 0.15) is 30.3 Å². The van der Waals surface area contributed by atoms with Crippen molar-refractivity contribution in [1.82, 2.24) is 14.0 Å². The average molecular weight is 398 g/mol. The van der Waals surface area contributed by atoms with Crippen LogP contribution in [0.4, 0.5) is 0 Å². The molecule has 0 aliphatic heterocycles. The van der Waals surface area contributed by atoms with Crippen LogP contribution >= 0.6 is 0 Å². The van der Waals surface area contributed by atoms with E-state index in [0.717, 1.165) is 15.5 Å². The Morgan fingerprint density at radius 1 is 1.20 bits per heavy atom. The van der Waals surface area contributed by atoms with Gasteiger partial charge >= 0.3 is 5.97 Å². The largest absolute Gasteiger partial charge is 0.459 e. The van der Waals surface area contributed by atoms with Crippen molar-refractivity contribution in [1.29, 1.82) is 5.26 Å². The number of rotatable bonds is 4. The fourth-order valence-electron chi connectivity index (χ4n) is 3.49. The van der Waals surface area contributed by atoms with Crippen molar-refractivity contribution < 1.29 is 13.9 Å². The van der Waals surface area contributed by atoms with Gasteiger partial charge in [-0.3, -0.25) is 14.2 Å². The van der Waals surface area contributed by atoms with Crippen LogP contribution < -0.4 is 5.56 Å². The summed E-state index contributed by atoms with van der Waals surface area (Å²) in [4.78, 5) is 29.3. The van der Waals surface area contributed by atoms with E-state index >= 15 is 0 Å². The highest BCUT2D eigenvalue weighted by Gasteiger charge is 2.16. The van der Waals surface area contributed by atoms with Gasteiger partial charge in [0.25, 0.3) is 5.56 Å². The van der Waals surface area contributed by atoms with Gasteiger partial charge in [-0.15, -0.1) is 0 Å². The maximum atomic E-state index is 12.7. The summed E-state index contributed by atoms with van der Waals surface area (Å²) in [5.41, 5.74) is 2.43. The number of hydrogen-bond donors (Lipinski definition) is 0. The van der Waals surface area contributed by atoms with Crippen LogP contribution in [0.1, 0.15) is 11.1 Å². The first-order valence-electron chi connectivity index (χ1n) is 9.16. The van der Waals surface area contributed by atoms with E-state index in [9.17, 15) is 14.9 Å². The highest BCUT2D eigenvalue weighted by atomic mass is 16.5. The fourth-order valence-corrected chi connectivity index (χ4v) is 3.49. The van der Waals surface area contributed by atoms with Gasteiger partial charge in [0, 0.05) is 23.3 Å². The number of nitriles is 1. The Morgan fingerprint density at radius 3 is 2.90 bits per heavy atom. The maximum Gasteiger partial charge on any atom is 0.326 e. The Labute approximate surface area is 169 Å². The molecule has 5 rings (SSSR count). The number of benzene rings is 1. The van der Waals surface area contributed by atoms with Crippen LogP contribution in [0.5, 0.6) is 0 Å². The molecule has 0 radical (unpaired) electrons. The molecule has 8 nitrogen and oxygen atoms in total. The highest BCUT2D eigenvalue weighted by Crippen LogP contribution is 2.24. The van der Waals surface area contributed by atoms with Gasteiger partial charge in [0.15, 0.2) is 0 Å². The second-order valence-electron chi connectivity index (χ2n) is 6.75. The quantitative estimate of drug-likeness (QED) is 0.431. The summed E-state index contributed by atoms with van der Waals surface area (Å²) in [5.74, 6) is -0.617. The number of hydrogen-bond acceptors (Lipinski definition) is 6. The van der Waals surface area contributed by atoms with Gasteiger partial charge in [-0.05, 0) is 24.3 Å². The number of pyridine rings is 1. The molecule has 0 saturated carbocycles. The lowest BCUT2D eigenvalue weighted by molar-refractivity contribution is -0.145. The molecule has 0 aliphatic rings. The highest BCUT2D eigenvalue weighted by molar-refractivity contribution is 6.01. The summed E-state index contributed by atoms with van der Waals surface area (Å²) in [7, 11) is 0. The third-order valence-electron chi connectivity index (χ3n) is 4.91. The summed E-state index contributed by atoms with van der Waals surface area (Å²) < 4.78 is 13.9. The van der Waals surface area contributed by atoms with Crippen LogP contribution in [-0.2, 0) is 22.7 Å². The molecule has 0 unspecified atom stereocenters. The predicted molar refractivity (Wildman–Crippen MR) is 108 cm³/mol. The minimum atomic E-state index is -0.617. The Hall–Kier alpha value is -4.38. The zero-order valence-corrected chi connectivity index (χ0v) is 15.6. The van der Waals surface area contributed by atoms with Gasteiger partial charge in [-0.25, -0.2) is 4.98 Å². The Morgan fingerprint density at radius 2 is 2.03 bits per heavy atom. The second-order valence-corrected chi connectivity index (χ2v) is 6.75. The number of para-hydroxylation sites is 1. The molecule has 0 spiro atoms. The molecule has 30 heavy (non-hydrogen) atoms. The third-order valence-corrected chi connectivity index (χ3v) is 4.91. The summed E-state index contributed by atoms with van der Waals surface area (Å²) in [5, 5.41) is 10.2. The van der Waals surface area contributed by atoms with Crippen molar-refractivity contribution in [2.24, 2.45) is 0 Å². The van der Waals surface area contributed by atoms with Crippen molar-refractivity contribution in [2.45, 2.75) is 13.2 Å². The molecule has 1 aromatic carbocycles. The van der Waals surface area contributed by atoms with Gasteiger partial charge in [-0.1, -0.05) is 18.2 Å². The number of fused-ring (bicyclic) bond motifs is 4. The topological polar surface area (TPSA) is 103 Å². The van der Waals surface area contributed by atoms with Crippen LogP contribution in [0.15, 0.2) is 70.4 Å². The van der Waals surface area contributed by atoms with E-state index in [1.54, 1.807) is 22.7 Å². The first-order chi connectivity index (χ1) is 14.7. The lowest BCUT2D eigenvalue weighted by Gasteiger charge is -2.06. The monoisotopic (exact) mass is 398 g/mol. The molecule has 0 fully saturated rings. The normalized spacial score (nSPS) is 11.2. The van der Waals surface area contributed by atoms with E-state index in [1.165, 1.54) is 6.33 Å². The van der Waals surface area contributed by atoms with E-state index in [1.807, 2.05) is 36.5 Å². The molecule has 8 heteroatoms. The lowest BCUT2D eigenvalue weighted by atomic mass is 10.2.